The molecule has 6 heteroatoms. The van der Waals surface area contributed by atoms with Crippen molar-refractivity contribution in [1.82, 2.24) is 9.61 Å². The molecule has 0 aliphatic carbocycles. The van der Waals surface area contributed by atoms with Crippen LogP contribution in [0.1, 0.15) is 41.7 Å². The van der Waals surface area contributed by atoms with Crippen molar-refractivity contribution in [2.24, 2.45) is 0 Å². The fourth-order valence-electron chi connectivity index (χ4n) is 3.59. The molecular weight excluding hydrogens is 341 g/mol. The summed E-state index contributed by atoms with van der Waals surface area (Å²) in [5.41, 5.74) is 3.17. The minimum atomic E-state index is -0.281. The van der Waals surface area contributed by atoms with Crippen LogP contribution < -0.4 is 4.90 Å². The minimum absolute atomic E-state index is 0.0155. The molecule has 3 heterocycles. The van der Waals surface area contributed by atoms with Crippen LogP contribution in [0.25, 0.3) is 5.52 Å². The van der Waals surface area contributed by atoms with Gasteiger partial charge >= 0.3 is 0 Å². The number of nitrogens with zero attached hydrogens (tertiary/aromatic N) is 3. The molecule has 0 radical (unpaired) electrons. The number of benzene rings is 1. The SMILES string of the molecule is CC(=O)c1cnn2ccc(N3CCC[C@@H]3c3cc(F)ccc3Cl)cc12. The minimum Gasteiger partial charge on any atom is -0.364 e. The molecule has 0 amide bonds. The molecule has 1 saturated heterocycles. The quantitative estimate of drug-likeness (QED) is 0.639. The smallest absolute Gasteiger partial charge is 0.163 e. The summed E-state index contributed by atoms with van der Waals surface area (Å²) in [7, 11) is 0. The molecule has 3 aromatic rings. The summed E-state index contributed by atoms with van der Waals surface area (Å²) >= 11 is 6.32. The molecule has 25 heavy (non-hydrogen) atoms. The largest absolute Gasteiger partial charge is 0.364 e. The highest BCUT2D eigenvalue weighted by molar-refractivity contribution is 6.31. The van der Waals surface area contributed by atoms with Crippen molar-refractivity contribution in [3.63, 3.8) is 0 Å². The van der Waals surface area contributed by atoms with Gasteiger partial charge in [-0.2, -0.15) is 5.10 Å². The van der Waals surface area contributed by atoms with Crippen molar-refractivity contribution < 1.29 is 9.18 Å². The highest BCUT2D eigenvalue weighted by Gasteiger charge is 2.28. The van der Waals surface area contributed by atoms with Crippen molar-refractivity contribution in [1.29, 1.82) is 0 Å². The Labute approximate surface area is 149 Å². The van der Waals surface area contributed by atoms with Crippen molar-refractivity contribution >= 4 is 28.6 Å². The second kappa shape index (κ2) is 6.15. The molecular formula is C19H17ClFN3O. The highest BCUT2D eigenvalue weighted by atomic mass is 35.5. The Balaban J connectivity index is 1.77. The first-order valence-corrected chi connectivity index (χ1v) is 8.62. The summed E-state index contributed by atoms with van der Waals surface area (Å²) < 4.78 is 15.4. The third kappa shape index (κ3) is 2.78. The van der Waals surface area contributed by atoms with E-state index in [1.807, 2.05) is 18.3 Å². The van der Waals surface area contributed by atoms with Gasteiger partial charge < -0.3 is 4.90 Å². The lowest BCUT2D eigenvalue weighted by Gasteiger charge is -2.28. The molecule has 1 atom stereocenters. The maximum absolute atomic E-state index is 13.7. The number of anilines is 1. The fourth-order valence-corrected chi connectivity index (χ4v) is 3.83. The number of hydrogen-bond donors (Lipinski definition) is 0. The summed E-state index contributed by atoms with van der Waals surface area (Å²) in [4.78, 5) is 14.0. The lowest BCUT2D eigenvalue weighted by atomic mass is 10.0. The molecule has 1 fully saturated rings. The maximum Gasteiger partial charge on any atom is 0.163 e. The Morgan fingerprint density at radius 3 is 2.96 bits per heavy atom. The second-order valence-corrected chi connectivity index (χ2v) is 6.75. The van der Waals surface area contributed by atoms with Gasteiger partial charge in [0, 0.05) is 23.5 Å². The van der Waals surface area contributed by atoms with E-state index in [1.165, 1.54) is 19.1 Å². The number of pyridine rings is 1. The van der Waals surface area contributed by atoms with E-state index in [4.69, 9.17) is 11.6 Å². The molecule has 0 bridgehead atoms. The van der Waals surface area contributed by atoms with Gasteiger partial charge in [0.1, 0.15) is 5.82 Å². The molecule has 0 saturated carbocycles. The van der Waals surface area contributed by atoms with Gasteiger partial charge in [0.05, 0.1) is 23.3 Å². The Morgan fingerprint density at radius 1 is 1.32 bits per heavy atom. The summed E-state index contributed by atoms with van der Waals surface area (Å²) in [5.74, 6) is -0.297. The molecule has 4 nitrogen and oxygen atoms in total. The van der Waals surface area contributed by atoms with E-state index in [9.17, 15) is 9.18 Å². The van der Waals surface area contributed by atoms with Gasteiger partial charge in [-0.05, 0) is 55.7 Å². The Morgan fingerprint density at radius 2 is 2.16 bits per heavy atom. The zero-order chi connectivity index (χ0) is 17.6. The number of fused-ring (bicyclic) bond motifs is 1. The zero-order valence-corrected chi connectivity index (χ0v) is 14.5. The van der Waals surface area contributed by atoms with Crippen LogP contribution in [-0.4, -0.2) is 21.9 Å². The summed E-state index contributed by atoms with van der Waals surface area (Å²) in [6.07, 6.45) is 5.35. The number of rotatable bonds is 3. The molecule has 4 rings (SSSR count). The van der Waals surface area contributed by atoms with Gasteiger partial charge in [0.2, 0.25) is 0 Å². The van der Waals surface area contributed by atoms with Gasteiger partial charge in [0.15, 0.2) is 5.78 Å². The molecule has 0 unspecified atom stereocenters. The average molecular weight is 358 g/mol. The summed E-state index contributed by atoms with van der Waals surface area (Å²) in [5, 5.41) is 4.79. The van der Waals surface area contributed by atoms with Crippen LogP contribution in [0, 0.1) is 5.82 Å². The predicted octanol–water partition coefficient (Wildman–Crippen LogP) is 4.67. The van der Waals surface area contributed by atoms with Gasteiger partial charge in [-0.1, -0.05) is 11.6 Å². The maximum atomic E-state index is 13.7. The van der Waals surface area contributed by atoms with Crippen LogP contribution in [-0.2, 0) is 0 Å². The standard InChI is InChI=1S/C19H17ClFN3O/c1-12(25)16-11-22-24-8-6-14(10-19(16)24)23-7-2-3-18(23)15-9-13(21)4-5-17(15)20/h4-6,8-11,18H,2-3,7H2,1H3/t18-/m1/s1. The lowest BCUT2D eigenvalue weighted by Crippen LogP contribution is -2.23. The average Bonchev–Trinajstić information content (AvgIpc) is 3.22. The number of ketones is 1. The first kappa shape index (κ1) is 16.1. The molecule has 128 valence electrons. The molecule has 1 aromatic carbocycles. The highest BCUT2D eigenvalue weighted by Crippen LogP contribution is 2.39. The number of halogens is 2. The Hall–Kier alpha value is -2.40. The molecule has 0 spiro atoms. The first-order valence-electron chi connectivity index (χ1n) is 8.24. The molecule has 0 N–H and O–H groups in total. The third-order valence-corrected chi connectivity index (χ3v) is 5.13. The van der Waals surface area contributed by atoms with E-state index in [2.05, 4.69) is 10.00 Å². The van der Waals surface area contributed by atoms with Crippen molar-refractivity contribution in [2.75, 3.05) is 11.4 Å². The van der Waals surface area contributed by atoms with Crippen LogP contribution in [0.2, 0.25) is 5.02 Å². The van der Waals surface area contributed by atoms with Crippen molar-refractivity contribution in [2.45, 2.75) is 25.8 Å². The summed E-state index contributed by atoms with van der Waals surface area (Å²) in [6, 6.07) is 8.46. The Bertz CT molecular complexity index is 968. The topological polar surface area (TPSA) is 37.6 Å². The van der Waals surface area contributed by atoms with E-state index in [-0.39, 0.29) is 17.6 Å². The van der Waals surface area contributed by atoms with E-state index < -0.39 is 0 Å². The van der Waals surface area contributed by atoms with Crippen molar-refractivity contribution in [3.8, 4) is 0 Å². The van der Waals surface area contributed by atoms with E-state index in [1.54, 1.807) is 16.8 Å². The molecule has 1 aliphatic heterocycles. The predicted molar refractivity (Wildman–Crippen MR) is 95.9 cm³/mol. The van der Waals surface area contributed by atoms with Gasteiger partial charge in [0.25, 0.3) is 0 Å². The van der Waals surface area contributed by atoms with Crippen LogP contribution in [0.15, 0.2) is 42.7 Å². The Kier molecular flexibility index (Phi) is 3.96. The zero-order valence-electron chi connectivity index (χ0n) is 13.7. The number of carbonyl (C=O) groups is 1. The number of aromatic nitrogens is 2. The first-order chi connectivity index (χ1) is 12.0. The third-order valence-electron chi connectivity index (χ3n) is 4.79. The van der Waals surface area contributed by atoms with Crippen LogP contribution in [0.4, 0.5) is 10.1 Å². The van der Waals surface area contributed by atoms with E-state index >= 15 is 0 Å². The second-order valence-electron chi connectivity index (χ2n) is 6.35. The van der Waals surface area contributed by atoms with Gasteiger partial charge in [-0.15, -0.1) is 0 Å². The monoisotopic (exact) mass is 357 g/mol. The number of hydrogen-bond acceptors (Lipinski definition) is 3. The normalized spacial score (nSPS) is 17.4. The number of carbonyl (C=O) groups excluding carboxylic acids is 1. The van der Waals surface area contributed by atoms with Crippen LogP contribution in [0.3, 0.4) is 0 Å². The van der Waals surface area contributed by atoms with Crippen LogP contribution >= 0.6 is 11.6 Å². The fraction of sp³-hybridized carbons (Fsp3) is 0.263. The number of Topliss-reactive ketones (excluding diaryl/α,β-unsaturated/α-hetero) is 1. The lowest BCUT2D eigenvalue weighted by molar-refractivity contribution is 0.101. The summed E-state index contributed by atoms with van der Waals surface area (Å²) in [6.45, 7) is 2.39. The van der Waals surface area contributed by atoms with E-state index in [0.717, 1.165) is 36.2 Å². The van der Waals surface area contributed by atoms with Crippen molar-refractivity contribution in [3.05, 3.63) is 64.7 Å². The van der Waals surface area contributed by atoms with E-state index in [0.29, 0.717) is 10.6 Å². The molecule has 2 aromatic heterocycles. The van der Waals surface area contributed by atoms with Gasteiger partial charge in [-0.25, -0.2) is 8.91 Å². The van der Waals surface area contributed by atoms with Crippen LogP contribution in [0.5, 0.6) is 0 Å². The van der Waals surface area contributed by atoms with Gasteiger partial charge in [-0.3, -0.25) is 4.79 Å². The molecule has 1 aliphatic rings.